The summed E-state index contributed by atoms with van der Waals surface area (Å²) in [6.07, 6.45) is 8.40. The summed E-state index contributed by atoms with van der Waals surface area (Å²) in [6.45, 7) is 10.5. The Hall–Kier alpha value is -1.02. The van der Waals surface area contributed by atoms with E-state index in [4.69, 9.17) is 9.41 Å². The maximum absolute atomic E-state index is 5.42. The lowest BCUT2D eigenvalue weighted by molar-refractivity contribution is 0.259. The SMILES string of the molecule is CC(C)CN=C(NCCc1ccco1)N1CCC(N2CC=CC2)C1.I. The molecule has 0 radical (unpaired) electrons. The fourth-order valence-corrected chi connectivity index (χ4v) is 3.31. The van der Waals surface area contributed by atoms with Gasteiger partial charge in [-0.3, -0.25) is 9.89 Å². The fraction of sp³-hybridized carbons (Fsp3) is 0.632. The van der Waals surface area contributed by atoms with E-state index >= 15 is 0 Å². The molecule has 5 nitrogen and oxygen atoms in total. The first-order valence-corrected chi connectivity index (χ1v) is 9.17. The topological polar surface area (TPSA) is 44.0 Å². The van der Waals surface area contributed by atoms with Gasteiger partial charge in [-0.05, 0) is 24.5 Å². The number of halogens is 1. The molecule has 0 amide bonds. The molecule has 1 unspecified atom stereocenters. The summed E-state index contributed by atoms with van der Waals surface area (Å²) >= 11 is 0. The third kappa shape index (κ3) is 6.02. The van der Waals surface area contributed by atoms with Crippen molar-refractivity contribution in [3.8, 4) is 0 Å². The molecular formula is C19H31IN4O. The minimum atomic E-state index is 0. The minimum Gasteiger partial charge on any atom is -0.469 e. The predicted molar refractivity (Wildman–Crippen MR) is 114 cm³/mol. The Balaban J connectivity index is 0.00000225. The molecule has 25 heavy (non-hydrogen) atoms. The lowest BCUT2D eigenvalue weighted by Crippen LogP contribution is -2.43. The number of guanidine groups is 1. The lowest BCUT2D eigenvalue weighted by Gasteiger charge is -2.26. The van der Waals surface area contributed by atoms with Crippen LogP contribution in [0, 0.1) is 5.92 Å². The molecule has 0 aromatic carbocycles. The zero-order valence-electron chi connectivity index (χ0n) is 15.4. The van der Waals surface area contributed by atoms with E-state index in [1.807, 2.05) is 12.1 Å². The number of furan rings is 1. The average molecular weight is 458 g/mol. The van der Waals surface area contributed by atoms with Gasteiger partial charge in [0.25, 0.3) is 0 Å². The van der Waals surface area contributed by atoms with E-state index in [0.717, 1.165) is 57.4 Å². The molecule has 1 saturated heterocycles. The highest BCUT2D eigenvalue weighted by Gasteiger charge is 2.29. The summed E-state index contributed by atoms with van der Waals surface area (Å²) in [7, 11) is 0. The summed E-state index contributed by atoms with van der Waals surface area (Å²) in [5.41, 5.74) is 0. The summed E-state index contributed by atoms with van der Waals surface area (Å²) < 4.78 is 5.42. The number of hydrogen-bond acceptors (Lipinski definition) is 3. The first kappa shape index (κ1) is 20.3. The predicted octanol–water partition coefficient (Wildman–Crippen LogP) is 2.99. The van der Waals surface area contributed by atoms with Gasteiger partial charge in [0.2, 0.25) is 0 Å². The van der Waals surface area contributed by atoms with E-state index in [-0.39, 0.29) is 24.0 Å². The molecule has 1 aromatic rings. The molecule has 1 atom stereocenters. The van der Waals surface area contributed by atoms with Gasteiger partial charge in [-0.15, -0.1) is 24.0 Å². The largest absolute Gasteiger partial charge is 0.469 e. The van der Waals surface area contributed by atoms with Crippen LogP contribution in [0.15, 0.2) is 40.0 Å². The van der Waals surface area contributed by atoms with Crippen molar-refractivity contribution in [1.29, 1.82) is 0 Å². The van der Waals surface area contributed by atoms with Crippen molar-refractivity contribution >= 4 is 29.9 Å². The summed E-state index contributed by atoms with van der Waals surface area (Å²) in [6, 6.07) is 4.62. The van der Waals surface area contributed by atoms with Crippen molar-refractivity contribution in [3.05, 3.63) is 36.3 Å². The van der Waals surface area contributed by atoms with Crippen LogP contribution in [0.1, 0.15) is 26.0 Å². The van der Waals surface area contributed by atoms with Gasteiger partial charge in [0.15, 0.2) is 5.96 Å². The molecule has 1 N–H and O–H groups in total. The van der Waals surface area contributed by atoms with Crippen molar-refractivity contribution in [3.63, 3.8) is 0 Å². The highest BCUT2D eigenvalue weighted by atomic mass is 127. The number of nitrogens with zero attached hydrogens (tertiary/aromatic N) is 3. The lowest BCUT2D eigenvalue weighted by atomic mass is 10.2. The molecule has 6 heteroatoms. The van der Waals surface area contributed by atoms with Gasteiger partial charge >= 0.3 is 0 Å². The van der Waals surface area contributed by atoms with Gasteiger partial charge in [0.05, 0.1) is 6.26 Å². The second kappa shape index (κ2) is 10.2. The number of rotatable bonds is 6. The molecule has 0 saturated carbocycles. The Kier molecular flexibility index (Phi) is 8.29. The first-order chi connectivity index (χ1) is 11.7. The molecule has 2 aliphatic heterocycles. The summed E-state index contributed by atoms with van der Waals surface area (Å²) in [5, 5.41) is 3.55. The van der Waals surface area contributed by atoms with E-state index in [9.17, 15) is 0 Å². The molecule has 0 bridgehead atoms. The molecule has 2 aliphatic rings. The van der Waals surface area contributed by atoms with E-state index in [0.29, 0.717) is 12.0 Å². The van der Waals surface area contributed by atoms with Crippen LogP contribution in [0.25, 0.3) is 0 Å². The van der Waals surface area contributed by atoms with Crippen LogP contribution in [0.5, 0.6) is 0 Å². The Labute approximate surface area is 168 Å². The Morgan fingerprint density at radius 3 is 2.84 bits per heavy atom. The van der Waals surface area contributed by atoms with Crippen molar-refractivity contribution in [1.82, 2.24) is 15.1 Å². The zero-order chi connectivity index (χ0) is 16.8. The quantitative estimate of drug-likeness (QED) is 0.308. The molecule has 0 aliphatic carbocycles. The Morgan fingerprint density at radius 2 is 2.16 bits per heavy atom. The molecule has 3 heterocycles. The Morgan fingerprint density at radius 1 is 1.36 bits per heavy atom. The monoisotopic (exact) mass is 458 g/mol. The van der Waals surface area contributed by atoms with Gasteiger partial charge in [0.1, 0.15) is 5.76 Å². The van der Waals surface area contributed by atoms with E-state index in [1.54, 1.807) is 6.26 Å². The molecule has 1 fully saturated rings. The fourth-order valence-electron chi connectivity index (χ4n) is 3.31. The number of nitrogens with one attached hydrogen (secondary N) is 1. The maximum Gasteiger partial charge on any atom is 0.193 e. The zero-order valence-corrected chi connectivity index (χ0v) is 17.7. The van der Waals surface area contributed by atoms with E-state index in [1.165, 1.54) is 6.42 Å². The third-order valence-electron chi connectivity index (χ3n) is 4.67. The number of hydrogen-bond donors (Lipinski definition) is 1. The van der Waals surface area contributed by atoms with Gasteiger partial charge < -0.3 is 14.6 Å². The number of aliphatic imine (C=N–C) groups is 1. The van der Waals surface area contributed by atoms with E-state index < -0.39 is 0 Å². The van der Waals surface area contributed by atoms with Gasteiger partial charge in [0, 0.05) is 51.7 Å². The molecule has 3 rings (SSSR count). The van der Waals surface area contributed by atoms with Gasteiger partial charge in [-0.25, -0.2) is 0 Å². The second-order valence-corrected chi connectivity index (χ2v) is 7.13. The van der Waals surface area contributed by atoms with Crippen LogP contribution < -0.4 is 5.32 Å². The van der Waals surface area contributed by atoms with Crippen LogP contribution in [-0.4, -0.2) is 61.1 Å². The normalized spacial score (nSPS) is 21.2. The minimum absolute atomic E-state index is 0. The smallest absolute Gasteiger partial charge is 0.193 e. The van der Waals surface area contributed by atoms with Crippen LogP contribution in [0.4, 0.5) is 0 Å². The molecule has 1 aromatic heterocycles. The second-order valence-electron chi connectivity index (χ2n) is 7.13. The third-order valence-corrected chi connectivity index (χ3v) is 4.67. The van der Waals surface area contributed by atoms with Crippen LogP contribution in [0.3, 0.4) is 0 Å². The highest BCUT2D eigenvalue weighted by molar-refractivity contribution is 14.0. The van der Waals surface area contributed by atoms with Crippen molar-refractivity contribution in [2.24, 2.45) is 10.9 Å². The summed E-state index contributed by atoms with van der Waals surface area (Å²) in [4.78, 5) is 9.83. The highest BCUT2D eigenvalue weighted by Crippen LogP contribution is 2.18. The van der Waals surface area contributed by atoms with Gasteiger partial charge in [-0.1, -0.05) is 26.0 Å². The number of likely N-dealkylation sites (tertiary alicyclic amines) is 1. The van der Waals surface area contributed by atoms with Crippen molar-refractivity contribution in [2.75, 3.05) is 39.3 Å². The molecule has 140 valence electrons. The van der Waals surface area contributed by atoms with Crippen molar-refractivity contribution in [2.45, 2.75) is 32.7 Å². The average Bonchev–Trinajstić information content (AvgIpc) is 3.32. The summed E-state index contributed by atoms with van der Waals surface area (Å²) in [5.74, 6) is 2.66. The van der Waals surface area contributed by atoms with Gasteiger partial charge in [-0.2, -0.15) is 0 Å². The first-order valence-electron chi connectivity index (χ1n) is 9.17. The molecular weight excluding hydrogens is 427 g/mol. The Bertz CT molecular complexity index is 548. The van der Waals surface area contributed by atoms with Crippen molar-refractivity contribution < 1.29 is 4.42 Å². The van der Waals surface area contributed by atoms with Crippen LogP contribution in [-0.2, 0) is 6.42 Å². The maximum atomic E-state index is 5.42. The molecule has 0 spiro atoms. The van der Waals surface area contributed by atoms with Crippen LogP contribution >= 0.6 is 24.0 Å². The van der Waals surface area contributed by atoms with E-state index in [2.05, 4.69) is 41.1 Å². The van der Waals surface area contributed by atoms with Crippen LogP contribution in [0.2, 0.25) is 0 Å². The standard InChI is InChI=1S/C19H30N4O.HI/c1-16(2)14-21-19(20-9-7-18-6-5-13-24-18)23-12-8-17(15-23)22-10-3-4-11-22;/h3-6,13,16-17H,7-12,14-15H2,1-2H3,(H,20,21);1H.